The molecule has 0 saturated carbocycles. The molecule has 0 aliphatic carbocycles. The summed E-state index contributed by atoms with van der Waals surface area (Å²) in [5.41, 5.74) is -0.712. The quantitative estimate of drug-likeness (QED) is 0.0101. The number of hydrogen-bond donors (Lipinski definition) is 6. The van der Waals surface area contributed by atoms with Gasteiger partial charge in [-0.2, -0.15) is 13.5 Å². The maximum atomic E-state index is 13.0. The zero-order chi connectivity index (χ0) is 43.1. The summed E-state index contributed by atoms with van der Waals surface area (Å²) >= 11 is 0.698. The fraction of sp³-hybridized carbons (Fsp3) is 0.214. The minimum atomic E-state index is -4.61. The van der Waals surface area contributed by atoms with Gasteiger partial charge in [-0.1, -0.05) is 21.2 Å². The summed E-state index contributed by atoms with van der Waals surface area (Å²) in [5, 5.41) is 66.1. The summed E-state index contributed by atoms with van der Waals surface area (Å²) in [6.45, 7) is -0.745. The molecule has 0 unspecified atom stereocenters. The summed E-state index contributed by atoms with van der Waals surface area (Å²) < 4.78 is 112. The van der Waals surface area contributed by atoms with E-state index in [2.05, 4.69) is 53.9 Å². The van der Waals surface area contributed by atoms with E-state index >= 15 is 0 Å². The number of sulfone groups is 2. The van der Waals surface area contributed by atoms with Gasteiger partial charge in [0.1, 0.15) is 28.7 Å². The van der Waals surface area contributed by atoms with Crippen molar-refractivity contribution in [2.75, 3.05) is 43.0 Å². The lowest BCUT2D eigenvalue weighted by Gasteiger charge is -2.14. The van der Waals surface area contributed by atoms with Gasteiger partial charge >= 0.3 is 0 Å². The largest absolute Gasteiger partial charge is 0.505 e. The van der Waals surface area contributed by atoms with Crippen LogP contribution in [-0.2, 0) is 66.3 Å². The Balaban J connectivity index is 1.80. The van der Waals surface area contributed by atoms with Crippen LogP contribution in [0.5, 0.6) is 11.5 Å². The Hall–Kier alpha value is -3.84. The number of aromatic hydroxyl groups is 1. The van der Waals surface area contributed by atoms with Crippen molar-refractivity contribution in [1.29, 1.82) is 0 Å². The molecule has 0 amide bonds. The van der Waals surface area contributed by atoms with Crippen molar-refractivity contribution in [1.82, 2.24) is 0 Å². The fourth-order valence-corrected chi connectivity index (χ4v) is 8.28. The Labute approximate surface area is 346 Å². The molecule has 0 aliphatic rings. The second-order valence-electron chi connectivity index (χ2n) is 10.7. The SMILES string of the molecule is COc1ccc(S(=O)(=O)CCOSOOO)cc1/N=N/c1c(NCS(=O)(=O)O)ccc2c(O)c(/N=N/c3cccc(S(=O)(=O)CCOSOOO)c3)c(SOOO)cc12. The molecule has 322 valence electrons. The average Bonchev–Trinajstić information content (AvgIpc) is 3.20. The fourth-order valence-electron chi connectivity index (χ4n) is 4.58. The minimum absolute atomic E-state index is 0.00215. The summed E-state index contributed by atoms with van der Waals surface area (Å²) in [6.07, 6.45) is 0. The van der Waals surface area contributed by atoms with E-state index in [-0.39, 0.29) is 90.9 Å². The molecule has 0 aromatic heterocycles. The van der Waals surface area contributed by atoms with Crippen molar-refractivity contribution in [2.24, 2.45) is 20.5 Å². The highest BCUT2D eigenvalue weighted by molar-refractivity contribution is 7.94. The molecular weight excluding hydrogens is 919 g/mol. The Morgan fingerprint density at radius 3 is 1.93 bits per heavy atom. The first-order chi connectivity index (χ1) is 28.1. The van der Waals surface area contributed by atoms with Crippen LogP contribution in [-0.4, -0.2) is 88.4 Å². The number of hydrogen-bond acceptors (Lipinski definition) is 27. The predicted octanol–water partition coefficient (Wildman–Crippen LogP) is 6.62. The van der Waals surface area contributed by atoms with E-state index in [4.69, 9.17) is 28.9 Å². The Morgan fingerprint density at radius 2 is 1.32 bits per heavy atom. The number of phenolic OH excluding ortho intramolecular Hbond substituents is 1. The number of fused-ring (bicyclic) bond motifs is 1. The maximum absolute atomic E-state index is 13.0. The van der Waals surface area contributed by atoms with E-state index in [9.17, 15) is 34.9 Å². The van der Waals surface area contributed by atoms with Gasteiger partial charge in [-0.25, -0.2) is 32.6 Å². The molecule has 4 aromatic carbocycles. The van der Waals surface area contributed by atoms with Gasteiger partial charge < -0.3 is 15.2 Å². The topological polar surface area (TPSA) is 348 Å². The zero-order valence-electron chi connectivity index (χ0n) is 29.4. The molecule has 0 spiro atoms. The van der Waals surface area contributed by atoms with Gasteiger partial charge in [0.25, 0.3) is 10.1 Å². The maximum Gasteiger partial charge on any atom is 0.283 e. The second-order valence-corrected chi connectivity index (χ2v) is 18.1. The van der Waals surface area contributed by atoms with Crippen LogP contribution in [0.1, 0.15) is 0 Å². The Morgan fingerprint density at radius 1 is 0.695 bits per heavy atom. The first kappa shape index (κ1) is 47.8. The number of methoxy groups -OCH3 is 1. The third kappa shape index (κ3) is 14.1. The molecule has 4 aromatic rings. The highest BCUT2D eigenvalue weighted by atomic mass is 32.2. The number of nitrogens with zero attached hydrogens (tertiary/aromatic N) is 4. The van der Waals surface area contributed by atoms with E-state index in [1.165, 1.54) is 61.7 Å². The third-order valence-electron chi connectivity index (χ3n) is 7.10. The van der Waals surface area contributed by atoms with Crippen LogP contribution >= 0.6 is 36.7 Å². The molecule has 0 saturated heterocycles. The van der Waals surface area contributed by atoms with Gasteiger partial charge in [0.05, 0.1) is 69.9 Å². The molecule has 4 rings (SSSR count). The van der Waals surface area contributed by atoms with Crippen LogP contribution in [0.15, 0.2) is 95.8 Å². The first-order valence-corrected chi connectivity index (χ1v) is 22.4. The molecule has 0 aliphatic heterocycles. The van der Waals surface area contributed by atoms with Crippen molar-refractivity contribution in [3.8, 4) is 11.5 Å². The van der Waals surface area contributed by atoms with Gasteiger partial charge in [0, 0.05) is 10.8 Å². The predicted molar refractivity (Wildman–Crippen MR) is 205 cm³/mol. The lowest BCUT2D eigenvalue weighted by Crippen LogP contribution is -2.13. The van der Waals surface area contributed by atoms with Crippen LogP contribution < -0.4 is 10.1 Å². The molecular formula is C28H29N5O20S6. The standard InChI is InChI=1S/C28H29N5O20S6/c1-45-24-8-5-19(58(40,41)12-10-47-56-53-50-37)14-23(24)31-32-26-21-15-25(54-51-48-35)27(28(34)20(21)6-7-22(26)29-16-59(42,43)44)33-30-17-3-2-4-18(13-17)57(38,39)11-9-46-55-52-49-36/h2-8,13-15,29,34-37H,9-12,16H2,1H3,(H,42,43,44)/b32-31+,33-30+. The molecule has 0 fully saturated rings. The van der Waals surface area contributed by atoms with Gasteiger partial charge in [0.15, 0.2) is 50.1 Å². The monoisotopic (exact) mass is 947 g/mol. The number of benzene rings is 4. The van der Waals surface area contributed by atoms with Crippen LogP contribution in [0.2, 0.25) is 0 Å². The van der Waals surface area contributed by atoms with Crippen molar-refractivity contribution in [2.45, 2.75) is 14.7 Å². The van der Waals surface area contributed by atoms with Crippen LogP contribution in [0.4, 0.5) is 28.4 Å². The van der Waals surface area contributed by atoms with Crippen molar-refractivity contribution in [3.63, 3.8) is 0 Å². The van der Waals surface area contributed by atoms with Gasteiger partial charge in [-0.3, -0.25) is 12.9 Å². The van der Waals surface area contributed by atoms with Gasteiger partial charge in [-0.15, -0.1) is 28.3 Å². The molecule has 0 atom stereocenters. The van der Waals surface area contributed by atoms with Gasteiger partial charge in [0.2, 0.25) is 0 Å². The normalized spacial score (nSPS) is 12.6. The van der Waals surface area contributed by atoms with Crippen LogP contribution in [0.3, 0.4) is 0 Å². The summed E-state index contributed by atoms with van der Waals surface area (Å²) in [5.74, 6) is -2.62. The molecule has 0 bridgehead atoms. The molecule has 0 radical (unpaired) electrons. The zero-order valence-corrected chi connectivity index (χ0v) is 34.3. The van der Waals surface area contributed by atoms with Crippen molar-refractivity contribution < 1.29 is 91.9 Å². The first-order valence-electron chi connectivity index (χ1n) is 15.4. The lowest BCUT2D eigenvalue weighted by molar-refractivity contribution is -0.434. The smallest absolute Gasteiger partial charge is 0.283 e. The highest BCUT2D eigenvalue weighted by Gasteiger charge is 2.22. The number of anilines is 1. The Bertz CT molecular complexity index is 2460. The number of ether oxygens (including phenoxy) is 1. The Kier molecular flexibility index (Phi) is 18.4. The summed E-state index contributed by atoms with van der Waals surface area (Å²) in [6, 6.07) is 12.7. The van der Waals surface area contributed by atoms with Crippen molar-refractivity contribution in [3.05, 3.63) is 60.7 Å². The van der Waals surface area contributed by atoms with Crippen LogP contribution in [0.25, 0.3) is 10.8 Å². The average molecular weight is 948 g/mol. The number of nitrogens with one attached hydrogen (secondary N) is 1. The summed E-state index contributed by atoms with van der Waals surface area (Å²) in [4.78, 5) is -0.541. The lowest BCUT2D eigenvalue weighted by atomic mass is 10.1. The highest BCUT2D eigenvalue weighted by Crippen LogP contribution is 2.48. The summed E-state index contributed by atoms with van der Waals surface area (Å²) in [7, 11) is -11.3. The third-order valence-corrected chi connectivity index (χ3v) is 12.3. The number of phenols is 1. The van der Waals surface area contributed by atoms with Crippen LogP contribution in [0, 0.1) is 0 Å². The van der Waals surface area contributed by atoms with E-state index in [1.807, 2.05) is 0 Å². The molecule has 59 heavy (non-hydrogen) atoms. The molecule has 31 heteroatoms. The van der Waals surface area contributed by atoms with E-state index in [0.717, 1.165) is 6.07 Å². The second kappa shape index (κ2) is 22.7. The molecule has 25 nitrogen and oxygen atoms in total. The number of rotatable bonds is 25. The van der Waals surface area contributed by atoms with E-state index < -0.39 is 59.5 Å². The molecule has 6 N–H and O–H groups in total. The molecule has 0 heterocycles. The van der Waals surface area contributed by atoms with Crippen molar-refractivity contribution >= 4 is 106 Å². The number of azo groups is 2. The van der Waals surface area contributed by atoms with E-state index in [1.54, 1.807) is 0 Å². The minimum Gasteiger partial charge on any atom is -0.505 e. The van der Waals surface area contributed by atoms with Gasteiger partial charge in [-0.05, 0) is 54.6 Å². The van der Waals surface area contributed by atoms with E-state index in [0.29, 0.717) is 12.0 Å².